The minimum atomic E-state index is -0.436. The fourth-order valence-electron chi connectivity index (χ4n) is 12.5. The Morgan fingerprint density at radius 3 is 1.32 bits per heavy atom. The third-order valence-electron chi connectivity index (χ3n) is 15.7. The van der Waals surface area contributed by atoms with Gasteiger partial charge in [-0.15, -0.1) is 0 Å². The molecule has 0 saturated carbocycles. The molecule has 0 aliphatic heterocycles. The average Bonchev–Trinajstić information content (AvgIpc) is 3.81. The van der Waals surface area contributed by atoms with E-state index in [0.29, 0.717) is 0 Å². The van der Waals surface area contributed by atoms with Gasteiger partial charge in [0.05, 0.1) is 5.41 Å². The minimum absolute atomic E-state index is 0.118. The highest BCUT2D eigenvalue weighted by atomic mass is 15.1. The molecule has 0 amide bonds. The first-order valence-electron chi connectivity index (χ1n) is 24.1. The number of rotatable bonds is 6. The van der Waals surface area contributed by atoms with Crippen molar-refractivity contribution in [2.45, 2.75) is 43.9 Å². The van der Waals surface area contributed by atoms with Crippen molar-refractivity contribution in [2.24, 2.45) is 0 Å². The molecule has 13 rings (SSSR count). The van der Waals surface area contributed by atoms with Crippen LogP contribution in [0, 0.1) is 0 Å². The molecule has 3 aliphatic carbocycles. The van der Waals surface area contributed by atoms with Crippen LogP contribution in [0.1, 0.15) is 72.2 Å². The molecule has 3 aliphatic rings. The fraction of sp³-hybridized carbons (Fsp3) is 0.104. The van der Waals surface area contributed by atoms with Gasteiger partial charge in [-0.3, -0.25) is 0 Å². The van der Waals surface area contributed by atoms with Crippen molar-refractivity contribution in [1.29, 1.82) is 0 Å². The van der Waals surface area contributed by atoms with Gasteiger partial charge in [0, 0.05) is 27.9 Å². The molecule has 0 fully saturated rings. The van der Waals surface area contributed by atoms with Crippen LogP contribution in [0.5, 0.6) is 0 Å². The van der Waals surface area contributed by atoms with Crippen molar-refractivity contribution in [2.75, 3.05) is 4.90 Å². The first kappa shape index (κ1) is 40.3. The average molecular weight is 870 g/mol. The highest BCUT2D eigenvalue weighted by Crippen LogP contribution is 2.62. The zero-order valence-corrected chi connectivity index (χ0v) is 39.0. The molecule has 1 heteroatoms. The van der Waals surface area contributed by atoms with Gasteiger partial charge in [-0.25, -0.2) is 0 Å². The molecule has 0 atom stereocenters. The predicted octanol–water partition coefficient (Wildman–Crippen LogP) is 17.5. The molecule has 0 unspecified atom stereocenters. The lowest BCUT2D eigenvalue weighted by molar-refractivity contribution is 0.563. The summed E-state index contributed by atoms with van der Waals surface area (Å²) < 4.78 is 0. The topological polar surface area (TPSA) is 3.24 Å². The van der Waals surface area contributed by atoms with Crippen LogP contribution < -0.4 is 4.90 Å². The Labute approximate surface area is 400 Å². The molecule has 324 valence electrons. The molecule has 10 aromatic carbocycles. The minimum Gasteiger partial charge on any atom is -0.310 e. The quantitative estimate of drug-likeness (QED) is 0.161. The summed E-state index contributed by atoms with van der Waals surface area (Å²) in [6.07, 6.45) is 0. The molecule has 0 bridgehead atoms. The van der Waals surface area contributed by atoms with Gasteiger partial charge < -0.3 is 4.90 Å². The van der Waals surface area contributed by atoms with E-state index in [0.717, 1.165) is 17.1 Å². The smallest absolute Gasteiger partial charge is 0.0719 e. The lowest BCUT2D eigenvalue weighted by Crippen LogP contribution is -2.40. The molecule has 1 nitrogen and oxygen atoms in total. The Morgan fingerprint density at radius 2 is 0.647 bits per heavy atom. The number of anilines is 3. The molecule has 0 heterocycles. The molecule has 1 spiro atoms. The maximum absolute atomic E-state index is 2.51. The van der Waals surface area contributed by atoms with E-state index in [1.54, 1.807) is 0 Å². The van der Waals surface area contributed by atoms with Crippen molar-refractivity contribution in [3.63, 3.8) is 0 Å². The number of benzene rings is 10. The predicted molar refractivity (Wildman–Crippen MR) is 284 cm³/mol. The van der Waals surface area contributed by atoms with E-state index < -0.39 is 5.41 Å². The Kier molecular flexibility index (Phi) is 8.89. The van der Waals surface area contributed by atoms with Crippen molar-refractivity contribution in [3.05, 3.63) is 281 Å². The van der Waals surface area contributed by atoms with Crippen molar-refractivity contribution < 1.29 is 0 Å². The number of fused-ring (bicyclic) bond motifs is 12. The van der Waals surface area contributed by atoms with Crippen molar-refractivity contribution in [1.82, 2.24) is 0 Å². The first-order chi connectivity index (χ1) is 33.2. The van der Waals surface area contributed by atoms with E-state index in [1.807, 2.05) is 0 Å². The van der Waals surface area contributed by atoms with Crippen LogP contribution in [0.4, 0.5) is 17.1 Å². The van der Waals surface area contributed by atoms with Crippen LogP contribution in [0.15, 0.2) is 237 Å². The van der Waals surface area contributed by atoms with E-state index >= 15 is 0 Å². The van der Waals surface area contributed by atoms with Crippen molar-refractivity contribution in [3.8, 4) is 55.6 Å². The van der Waals surface area contributed by atoms with Crippen LogP contribution in [0.2, 0.25) is 0 Å². The summed E-state index contributed by atoms with van der Waals surface area (Å²) in [4.78, 5) is 2.43. The van der Waals surface area contributed by atoms with Gasteiger partial charge in [-0.05, 0) is 149 Å². The number of nitrogens with zero attached hydrogens (tertiary/aromatic N) is 1. The van der Waals surface area contributed by atoms with Crippen LogP contribution in [-0.2, 0) is 16.2 Å². The van der Waals surface area contributed by atoms with Gasteiger partial charge in [0.1, 0.15) is 0 Å². The first-order valence-corrected chi connectivity index (χ1v) is 24.1. The largest absolute Gasteiger partial charge is 0.310 e. The second-order valence-corrected chi connectivity index (χ2v) is 20.1. The Balaban J connectivity index is 0.931. The second-order valence-electron chi connectivity index (χ2n) is 20.1. The molecule has 0 aromatic heterocycles. The molecule has 0 N–H and O–H groups in total. The van der Waals surface area contributed by atoms with Gasteiger partial charge in [0.2, 0.25) is 0 Å². The zero-order chi connectivity index (χ0) is 45.8. The normalized spacial score (nSPS) is 14.8. The molecule has 0 saturated heterocycles. The second kappa shape index (κ2) is 15.0. The monoisotopic (exact) mass is 869 g/mol. The van der Waals surface area contributed by atoms with Gasteiger partial charge in [-0.2, -0.15) is 0 Å². The number of hydrogen-bond acceptors (Lipinski definition) is 1. The van der Waals surface area contributed by atoms with Crippen molar-refractivity contribution >= 4 is 17.1 Å². The lowest BCUT2D eigenvalue weighted by Gasteiger charge is -2.46. The van der Waals surface area contributed by atoms with E-state index in [-0.39, 0.29) is 10.8 Å². The van der Waals surface area contributed by atoms with Gasteiger partial charge in [0.15, 0.2) is 0 Å². The molecular formula is C67H51N. The maximum Gasteiger partial charge on any atom is 0.0719 e. The van der Waals surface area contributed by atoms with Gasteiger partial charge in [0.25, 0.3) is 0 Å². The van der Waals surface area contributed by atoms with E-state index in [1.165, 1.54) is 100 Å². The summed E-state index contributed by atoms with van der Waals surface area (Å²) in [6, 6.07) is 88.6. The molecule has 68 heavy (non-hydrogen) atoms. The standard InChI is InChI=1S/C67H51N/c1-65(2)57-26-10-8-24-53(57)55-39-37-52(43-63(55)65)68(50-35-32-45(33-36-50)44-18-6-5-7-19-44)51-23-17-22-48(41-51)46-20-16-21-47(40-46)49-34-38-56-54-25-9-11-27-58(54)67(64(56)42-49)61-30-14-12-28-59(61)66(3,4)60-29-13-15-31-62(60)67/h5-43H,1-4H3. The van der Waals surface area contributed by atoms with E-state index in [9.17, 15) is 0 Å². The summed E-state index contributed by atoms with van der Waals surface area (Å²) in [5.74, 6) is 0. The summed E-state index contributed by atoms with van der Waals surface area (Å²) in [7, 11) is 0. The van der Waals surface area contributed by atoms with E-state index in [2.05, 4.69) is 269 Å². The molecule has 0 radical (unpaired) electrons. The zero-order valence-electron chi connectivity index (χ0n) is 39.0. The van der Waals surface area contributed by atoms with Crippen LogP contribution in [-0.4, -0.2) is 0 Å². The van der Waals surface area contributed by atoms with E-state index in [4.69, 9.17) is 0 Å². The summed E-state index contributed by atoms with van der Waals surface area (Å²) in [5.41, 5.74) is 26.2. The van der Waals surface area contributed by atoms with Crippen LogP contribution >= 0.6 is 0 Å². The molecular weight excluding hydrogens is 819 g/mol. The fourth-order valence-corrected chi connectivity index (χ4v) is 12.5. The highest BCUT2D eigenvalue weighted by Gasteiger charge is 2.53. The third-order valence-corrected chi connectivity index (χ3v) is 15.7. The Morgan fingerprint density at radius 1 is 0.235 bits per heavy atom. The maximum atomic E-state index is 2.51. The van der Waals surface area contributed by atoms with Gasteiger partial charge >= 0.3 is 0 Å². The van der Waals surface area contributed by atoms with Crippen LogP contribution in [0.25, 0.3) is 55.6 Å². The summed E-state index contributed by atoms with van der Waals surface area (Å²) in [6.45, 7) is 9.51. The summed E-state index contributed by atoms with van der Waals surface area (Å²) in [5, 5.41) is 0. The van der Waals surface area contributed by atoms with Crippen LogP contribution in [0.3, 0.4) is 0 Å². The Bertz CT molecular complexity index is 3580. The highest BCUT2D eigenvalue weighted by molar-refractivity contribution is 5.91. The number of hydrogen-bond donors (Lipinski definition) is 0. The summed E-state index contributed by atoms with van der Waals surface area (Å²) >= 11 is 0. The SMILES string of the molecule is CC1(C)c2ccccc2-c2ccc(N(c3ccc(-c4ccccc4)cc3)c3cccc(-c4cccc(-c5ccc6c(c5)C5(c7ccccc7-6)c6ccccc6C(C)(C)c6ccccc65)c4)c3)cc21. The third kappa shape index (κ3) is 5.82. The van der Waals surface area contributed by atoms with Gasteiger partial charge in [-0.1, -0.05) is 216 Å². The molecule has 10 aromatic rings. The lowest BCUT2D eigenvalue weighted by atomic mass is 9.55. The Hall–Kier alpha value is -8.00.